The zero-order valence-electron chi connectivity index (χ0n) is 23.7. The van der Waals surface area contributed by atoms with E-state index >= 15 is 0 Å². The molecular weight excluding hydrogens is 570 g/mol. The normalized spacial score (nSPS) is 17.0. The van der Waals surface area contributed by atoms with Gasteiger partial charge in [-0.2, -0.15) is 8.42 Å². The Morgan fingerprint density at radius 3 is 2.56 bits per heavy atom. The number of aliphatic hydroxyl groups is 1. The van der Waals surface area contributed by atoms with Crippen LogP contribution in [0.3, 0.4) is 0 Å². The van der Waals surface area contributed by atoms with Gasteiger partial charge in [0.1, 0.15) is 11.5 Å². The van der Waals surface area contributed by atoms with Crippen molar-refractivity contribution in [3.8, 4) is 17.1 Å². The minimum Gasteiger partial charge on any atom is -0.458 e. The van der Waals surface area contributed by atoms with Gasteiger partial charge in [0.2, 0.25) is 0 Å². The predicted octanol–water partition coefficient (Wildman–Crippen LogP) is 4.61. The lowest BCUT2D eigenvalue weighted by molar-refractivity contribution is -0.172. The van der Waals surface area contributed by atoms with Gasteiger partial charge >= 0.3 is 16.1 Å². The van der Waals surface area contributed by atoms with Crippen molar-refractivity contribution in [3.63, 3.8) is 0 Å². The first-order valence-corrected chi connectivity index (χ1v) is 15.3. The number of nitrogens with zero attached hydrogens (tertiary/aromatic N) is 2. The number of esters is 1. The average Bonchev–Trinajstić information content (AvgIpc) is 3.38. The lowest BCUT2D eigenvalue weighted by atomic mass is 9.86. The zero-order valence-corrected chi connectivity index (χ0v) is 24.6. The molecule has 1 atom stereocenters. The molecule has 4 heterocycles. The van der Waals surface area contributed by atoms with Gasteiger partial charge in [0, 0.05) is 21.9 Å². The first-order valence-electron chi connectivity index (χ1n) is 13.9. The van der Waals surface area contributed by atoms with Crippen molar-refractivity contribution in [1.29, 1.82) is 0 Å². The lowest BCUT2D eigenvalue weighted by Crippen LogP contribution is -2.44. The van der Waals surface area contributed by atoms with E-state index in [9.17, 15) is 23.1 Å². The molecule has 0 unspecified atom stereocenters. The van der Waals surface area contributed by atoms with Crippen LogP contribution in [0.2, 0.25) is 0 Å². The minimum atomic E-state index is -4.23. The number of nitrogens with two attached hydrogens (primary N) is 1. The van der Waals surface area contributed by atoms with Gasteiger partial charge in [0.25, 0.3) is 5.56 Å². The molecule has 2 aromatic heterocycles. The van der Waals surface area contributed by atoms with Crippen LogP contribution in [0.25, 0.3) is 33.1 Å². The van der Waals surface area contributed by atoms with Gasteiger partial charge in [-0.3, -0.25) is 4.79 Å². The maximum Gasteiger partial charge on any atom is 0.343 e. The molecule has 3 aromatic carbocycles. The number of fused-ring (bicyclic) bond motifs is 6. The van der Waals surface area contributed by atoms with Crippen LogP contribution in [0, 0.1) is 0 Å². The minimum absolute atomic E-state index is 0.0236. The maximum absolute atomic E-state index is 13.4. The first kappa shape index (κ1) is 28.4. The van der Waals surface area contributed by atoms with E-state index in [0.29, 0.717) is 33.2 Å². The Morgan fingerprint density at radius 2 is 1.79 bits per heavy atom. The molecule has 0 bridgehead atoms. The number of ether oxygens (including phenoxy) is 1. The number of hydrogen-bond acceptors (Lipinski definition) is 9. The second-order valence-electron chi connectivity index (χ2n) is 10.2. The quantitative estimate of drug-likeness (QED) is 0.168. The maximum atomic E-state index is 13.4. The highest BCUT2D eigenvalue weighted by Crippen LogP contribution is 2.40. The molecule has 5 aromatic rings. The smallest absolute Gasteiger partial charge is 0.343 e. The summed E-state index contributed by atoms with van der Waals surface area (Å²) in [7, 11) is -4.23. The first-order chi connectivity index (χ1) is 20.6. The third kappa shape index (κ3) is 4.26. The number of nitrogen functional groups attached to an aromatic ring is 1. The van der Waals surface area contributed by atoms with E-state index in [1.807, 2.05) is 32.0 Å². The van der Waals surface area contributed by atoms with Crippen LogP contribution in [-0.4, -0.2) is 29.0 Å². The van der Waals surface area contributed by atoms with Crippen molar-refractivity contribution < 1.29 is 27.2 Å². The summed E-state index contributed by atoms with van der Waals surface area (Å²) < 4.78 is 38.8. The Hall–Kier alpha value is -4.74. The fourth-order valence-corrected chi connectivity index (χ4v) is 6.88. The molecule has 11 heteroatoms. The highest BCUT2D eigenvalue weighted by atomic mass is 32.2. The highest BCUT2D eigenvalue weighted by Gasteiger charge is 2.45. The van der Waals surface area contributed by atoms with Gasteiger partial charge in [-0.1, -0.05) is 57.2 Å². The predicted molar refractivity (Wildman–Crippen MR) is 162 cm³/mol. The van der Waals surface area contributed by atoms with Gasteiger partial charge in [-0.05, 0) is 42.1 Å². The van der Waals surface area contributed by atoms with Crippen molar-refractivity contribution in [2.45, 2.75) is 50.8 Å². The largest absolute Gasteiger partial charge is 0.458 e. The Labute approximate surface area is 247 Å². The van der Waals surface area contributed by atoms with Crippen LogP contribution in [0.15, 0.2) is 76.4 Å². The van der Waals surface area contributed by atoms with Crippen LogP contribution < -0.4 is 15.5 Å². The second kappa shape index (κ2) is 10.2. The lowest BCUT2D eigenvalue weighted by Gasteiger charge is -2.31. The topological polar surface area (TPSA) is 151 Å². The van der Waals surface area contributed by atoms with E-state index in [1.165, 1.54) is 16.7 Å². The molecule has 3 N–H and O–H groups in total. The molecule has 2 aliphatic rings. The van der Waals surface area contributed by atoms with Crippen molar-refractivity contribution in [2.75, 3.05) is 5.73 Å². The van der Waals surface area contributed by atoms with Crippen LogP contribution in [-0.2, 0) is 38.4 Å². The van der Waals surface area contributed by atoms with Gasteiger partial charge < -0.3 is 24.3 Å². The van der Waals surface area contributed by atoms with Gasteiger partial charge in [0.15, 0.2) is 11.4 Å². The van der Waals surface area contributed by atoms with Crippen molar-refractivity contribution in [3.05, 3.63) is 93.8 Å². The van der Waals surface area contributed by atoms with Crippen LogP contribution >= 0.6 is 0 Å². The molecule has 0 spiro atoms. The van der Waals surface area contributed by atoms with Crippen LogP contribution in [0.1, 0.15) is 43.9 Å². The number of benzene rings is 3. The molecule has 0 aliphatic carbocycles. The average molecular weight is 600 g/mol. The van der Waals surface area contributed by atoms with Crippen LogP contribution in [0.4, 0.5) is 5.69 Å². The zero-order chi connectivity index (χ0) is 30.7. The number of pyridine rings is 2. The van der Waals surface area contributed by atoms with E-state index < -0.39 is 21.7 Å². The molecule has 43 heavy (non-hydrogen) atoms. The van der Waals surface area contributed by atoms with Gasteiger partial charge in [-0.15, -0.1) is 0 Å². The summed E-state index contributed by atoms with van der Waals surface area (Å²) in [6.07, 6.45) is 0.0424. The fourth-order valence-electron chi connectivity index (χ4n) is 5.70. The standard InChI is InChI=1S/C30H23N3O7S.C2H6/c1-2-30(36)21-13-23-27-17(14-33(23)28(34)20(21)15-39-29(30)35)12-19-22(32-27)10-11-24(26(19)31)40-41(37,38)25-9-5-7-16-6-3-4-8-18(16)25;1-2/h3-13,36H,2,14-15,31H2,1H3;1-2H3/t30-;/m0./s1. The number of cyclic esters (lactones) is 1. The van der Waals surface area contributed by atoms with E-state index in [2.05, 4.69) is 0 Å². The molecule has 10 nitrogen and oxygen atoms in total. The monoisotopic (exact) mass is 599 g/mol. The Balaban J connectivity index is 0.00000161. The molecule has 0 radical (unpaired) electrons. The number of hydrogen-bond donors (Lipinski definition) is 2. The van der Waals surface area contributed by atoms with Gasteiger partial charge in [0.05, 0.1) is 34.7 Å². The second-order valence-corrected chi connectivity index (χ2v) is 11.7. The summed E-state index contributed by atoms with van der Waals surface area (Å²) in [5.74, 6) is -0.834. The summed E-state index contributed by atoms with van der Waals surface area (Å²) >= 11 is 0. The summed E-state index contributed by atoms with van der Waals surface area (Å²) in [5, 5.41) is 12.8. The number of aromatic nitrogens is 2. The summed E-state index contributed by atoms with van der Waals surface area (Å²) in [4.78, 5) is 30.6. The Kier molecular flexibility index (Phi) is 6.74. The SMILES string of the molecule is CC.CC[C@@]1(O)C(=O)OCc2c1cc1n(c2=O)Cc2cc3c(N)c(OS(=O)(=O)c4cccc5ccccc45)ccc3nc2-1. The third-order valence-corrected chi connectivity index (χ3v) is 9.21. The van der Waals surface area contributed by atoms with E-state index in [1.54, 1.807) is 43.3 Å². The third-order valence-electron chi connectivity index (χ3n) is 7.91. The molecule has 2 aliphatic heterocycles. The Bertz CT molecular complexity index is 2130. The van der Waals surface area contributed by atoms with Crippen molar-refractivity contribution >= 4 is 43.5 Å². The number of carbonyl (C=O) groups is 1. The van der Waals surface area contributed by atoms with E-state index in [0.717, 1.165) is 5.39 Å². The molecule has 0 saturated carbocycles. The Morgan fingerprint density at radius 1 is 1.05 bits per heavy atom. The van der Waals surface area contributed by atoms with Gasteiger partial charge in [-0.25, -0.2) is 9.78 Å². The molecule has 0 fully saturated rings. The summed E-state index contributed by atoms with van der Waals surface area (Å²) in [5.41, 5.74) is 6.77. The van der Waals surface area contributed by atoms with Crippen molar-refractivity contribution in [2.24, 2.45) is 0 Å². The van der Waals surface area contributed by atoms with Crippen molar-refractivity contribution in [1.82, 2.24) is 9.55 Å². The van der Waals surface area contributed by atoms with E-state index in [-0.39, 0.29) is 52.6 Å². The van der Waals surface area contributed by atoms with Crippen LogP contribution in [0.5, 0.6) is 5.75 Å². The molecule has 7 rings (SSSR count). The molecular formula is C32H29N3O7S. The molecule has 0 amide bonds. The summed E-state index contributed by atoms with van der Waals surface area (Å²) in [6, 6.07) is 18.5. The highest BCUT2D eigenvalue weighted by molar-refractivity contribution is 7.87. The fraction of sp³-hybridized carbons (Fsp3) is 0.219. The number of carbonyl (C=O) groups excluding carboxylic acids is 1. The van der Waals surface area contributed by atoms with E-state index in [4.69, 9.17) is 19.6 Å². The molecule has 0 saturated heterocycles. The number of rotatable bonds is 4. The number of anilines is 1. The molecule has 220 valence electrons. The summed E-state index contributed by atoms with van der Waals surface area (Å²) in [6.45, 7) is 5.60.